The van der Waals surface area contributed by atoms with E-state index in [9.17, 15) is 9.59 Å². The topological polar surface area (TPSA) is 62.3 Å². The monoisotopic (exact) mass is 385 g/mol. The van der Waals surface area contributed by atoms with Gasteiger partial charge < -0.3 is 10.2 Å². The van der Waals surface area contributed by atoms with Crippen LogP contribution < -0.4 is 10.2 Å². The van der Waals surface area contributed by atoms with Gasteiger partial charge in [-0.15, -0.1) is 0 Å². The molecule has 2 amide bonds. The van der Waals surface area contributed by atoms with Gasteiger partial charge in [0.25, 0.3) is 11.8 Å². The van der Waals surface area contributed by atoms with Gasteiger partial charge in [0.15, 0.2) is 0 Å². The number of nitrogens with one attached hydrogen (secondary N) is 1. The van der Waals surface area contributed by atoms with Gasteiger partial charge in [-0.3, -0.25) is 14.6 Å². The van der Waals surface area contributed by atoms with Crippen LogP contribution in [-0.4, -0.2) is 23.3 Å². The third kappa shape index (κ3) is 4.04. The highest BCUT2D eigenvalue weighted by Gasteiger charge is 2.24. The van der Waals surface area contributed by atoms with E-state index in [1.807, 2.05) is 50.2 Å². The summed E-state index contributed by atoms with van der Waals surface area (Å²) in [5.41, 5.74) is 5.66. The fraction of sp³-hybridized carbons (Fsp3) is 0.208. The summed E-state index contributed by atoms with van der Waals surface area (Å²) in [5.74, 6) is -0.441. The molecule has 0 saturated heterocycles. The van der Waals surface area contributed by atoms with Crippen molar-refractivity contribution in [3.8, 4) is 0 Å². The van der Waals surface area contributed by atoms with E-state index >= 15 is 0 Å². The number of hydrogen-bond acceptors (Lipinski definition) is 3. The molecule has 1 aliphatic rings. The zero-order valence-corrected chi connectivity index (χ0v) is 16.6. The second kappa shape index (κ2) is 7.87. The highest BCUT2D eigenvalue weighted by Crippen LogP contribution is 2.28. The van der Waals surface area contributed by atoms with Gasteiger partial charge in [-0.25, -0.2) is 0 Å². The first-order valence-electron chi connectivity index (χ1n) is 9.77. The standard InChI is InChI=1S/C24H23N3O2/c1-16-12-17(2)14-20(13-16)26-23(28)21-15-19(9-10-25-21)24(29)27-11-5-7-18-6-3-4-8-22(18)27/h3-4,6,8-10,12-15H,5,7,11H2,1-2H3,(H,26,28). The lowest BCUT2D eigenvalue weighted by molar-refractivity contribution is 0.0985. The number of anilines is 2. The lowest BCUT2D eigenvalue weighted by Crippen LogP contribution is -2.35. The Hall–Kier alpha value is -3.47. The van der Waals surface area contributed by atoms with Gasteiger partial charge >= 0.3 is 0 Å². The van der Waals surface area contributed by atoms with Crippen LogP contribution in [0.25, 0.3) is 0 Å². The summed E-state index contributed by atoms with van der Waals surface area (Å²) in [5, 5.41) is 2.87. The molecule has 5 nitrogen and oxygen atoms in total. The molecule has 0 saturated carbocycles. The number of fused-ring (bicyclic) bond motifs is 1. The number of hydrogen-bond donors (Lipinski definition) is 1. The molecule has 0 fully saturated rings. The van der Waals surface area contributed by atoms with E-state index < -0.39 is 0 Å². The number of nitrogens with zero attached hydrogens (tertiary/aromatic N) is 2. The van der Waals surface area contributed by atoms with Crippen molar-refractivity contribution in [1.82, 2.24) is 4.98 Å². The Morgan fingerprint density at radius 1 is 1.00 bits per heavy atom. The van der Waals surface area contributed by atoms with Crippen molar-refractivity contribution in [3.05, 3.63) is 88.7 Å². The molecule has 1 aliphatic heterocycles. The molecule has 1 N–H and O–H groups in total. The summed E-state index contributed by atoms with van der Waals surface area (Å²) in [7, 11) is 0. The van der Waals surface area contributed by atoms with Crippen LogP contribution in [0.15, 0.2) is 60.8 Å². The van der Waals surface area contributed by atoms with Crippen molar-refractivity contribution < 1.29 is 9.59 Å². The second-order valence-corrected chi connectivity index (χ2v) is 7.45. The number of carbonyl (C=O) groups excluding carboxylic acids is 2. The maximum atomic E-state index is 13.2. The zero-order chi connectivity index (χ0) is 20.4. The molecule has 0 radical (unpaired) electrons. The van der Waals surface area contributed by atoms with E-state index in [-0.39, 0.29) is 17.5 Å². The zero-order valence-electron chi connectivity index (χ0n) is 16.6. The van der Waals surface area contributed by atoms with Gasteiger partial charge in [0.05, 0.1) is 0 Å². The van der Waals surface area contributed by atoms with Gasteiger partial charge in [0.1, 0.15) is 5.69 Å². The number of amides is 2. The molecule has 0 spiro atoms. The van der Waals surface area contributed by atoms with Crippen LogP contribution in [0.2, 0.25) is 0 Å². The van der Waals surface area contributed by atoms with Gasteiger partial charge in [-0.2, -0.15) is 0 Å². The first-order chi connectivity index (χ1) is 14.0. The van der Waals surface area contributed by atoms with E-state index in [1.54, 1.807) is 17.0 Å². The summed E-state index contributed by atoms with van der Waals surface area (Å²) in [6, 6.07) is 17.1. The van der Waals surface area contributed by atoms with Crippen molar-refractivity contribution in [2.24, 2.45) is 0 Å². The normalized spacial score (nSPS) is 13.0. The summed E-state index contributed by atoms with van der Waals surface area (Å²) < 4.78 is 0. The number of benzene rings is 2. The average Bonchev–Trinajstić information content (AvgIpc) is 2.72. The van der Waals surface area contributed by atoms with Crippen LogP contribution in [0.1, 0.15) is 44.0 Å². The maximum absolute atomic E-state index is 13.2. The van der Waals surface area contributed by atoms with E-state index in [1.165, 1.54) is 11.8 Å². The Balaban J connectivity index is 1.57. The van der Waals surface area contributed by atoms with Crippen LogP contribution in [0.3, 0.4) is 0 Å². The molecule has 5 heteroatoms. The van der Waals surface area contributed by atoms with Crippen LogP contribution in [0.5, 0.6) is 0 Å². The summed E-state index contributed by atoms with van der Waals surface area (Å²) in [6.07, 6.45) is 3.41. The van der Waals surface area contributed by atoms with Crippen molar-refractivity contribution in [2.75, 3.05) is 16.8 Å². The van der Waals surface area contributed by atoms with E-state index in [2.05, 4.69) is 16.4 Å². The fourth-order valence-corrected chi connectivity index (χ4v) is 3.83. The molecule has 146 valence electrons. The number of aryl methyl sites for hydroxylation is 3. The van der Waals surface area contributed by atoms with Crippen molar-refractivity contribution in [2.45, 2.75) is 26.7 Å². The molecular weight excluding hydrogens is 362 g/mol. The number of para-hydroxylation sites is 1. The molecule has 0 atom stereocenters. The van der Waals surface area contributed by atoms with Crippen molar-refractivity contribution in [1.29, 1.82) is 0 Å². The summed E-state index contributed by atoms with van der Waals surface area (Å²) in [4.78, 5) is 31.8. The maximum Gasteiger partial charge on any atom is 0.274 e. The van der Waals surface area contributed by atoms with E-state index in [0.29, 0.717) is 12.1 Å². The van der Waals surface area contributed by atoms with Gasteiger partial charge in [-0.1, -0.05) is 24.3 Å². The minimum absolute atomic E-state index is 0.111. The highest BCUT2D eigenvalue weighted by atomic mass is 16.2. The van der Waals surface area contributed by atoms with Gasteiger partial charge in [0.2, 0.25) is 0 Å². The summed E-state index contributed by atoms with van der Waals surface area (Å²) in [6.45, 7) is 4.63. The Kier molecular flexibility index (Phi) is 5.12. The van der Waals surface area contributed by atoms with E-state index in [4.69, 9.17) is 0 Å². The van der Waals surface area contributed by atoms with Crippen molar-refractivity contribution >= 4 is 23.2 Å². The van der Waals surface area contributed by atoms with Gasteiger partial charge in [-0.05, 0) is 73.7 Å². The fourth-order valence-electron chi connectivity index (χ4n) is 3.83. The molecule has 0 aliphatic carbocycles. The summed E-state index contributed by atoms with van der Waals surface area (Å²) >= 11 is 0. The quantitative estimate of drug-likeness (QED) is 0.720. The molecule has 2 heterocycles. The number of rotatable bonds is 3. The molecule has 29 heavy (non-hydrogen) atoms. The highest BCUT2D eigenvalue weighted by molar-refractivity contribution is 6.09. The third-order valence-electron chi connectivity index (χ3n) is 5.07. The van der Waals surface area contributed by atoms with Crippen molar-refractivity contribution in [3.63, 3.8) is 0 Å². The average molecular weight is 385 g/mol. The SMILES string of the molecule is Cc1cc(C)cc(NC(=O)c2cc(C(=O)N3CCCc4ccccc43)ccn2)c1. The predicted octanol–water partition coefficient (Wildman–Crippen LogP) is 4.54. The lowest BCUT2D eigenvalue weighted by atomic mass is 10.0. The number of pyridine rings is 1. The molecule has 0 unspecified atom stereocenters. The van der Waals surface area contributed by atoms with Crippen LogP contribution in [-0.2, 0) is 6.42 Å². The predicted molar refractivity (Wildman–Crippen MR) is 115 cm³/mol. The number of carbonyl (C=O) groups is 2. The first kappa shape index (κ1) is 18.9. The Morgan fingerprint density at radius 3 is 2.55 bits per heavy atom. The molecule has 0 bridgehead atoms. The number of aromatic nitrogens is 1. The van der Waals surface area contributed by atoms with Crippen LogP contribution in [0, 0.1) is 13.8 Å². The minimum Gasteiger partial charge on any atom is -0.321 e. The third-order valence-corrected chi connectivity index (χ3v) is 5.07. The lowest BCUT2D eigenvalue weighted by Gasteiger charge is -2.29. The van der Waals surface area contributed by atoms with Crippen LogP contribution >= 0.6 is 0 Å². The smallest absolute Gasteiger partial charge is 0.274 e. The largest absolute Gasteiger partial charge is 0.321 e. The molecule has 3 aromatic rings. The van der Waals surface area contributed by atoms with Crippen LogP contribution in [0.4, 0.5) is 11.4 Å². The first-order valence-corrected chi connectivity index (χ1v) is 9.77. The second-order valence-electron chi connectivity index (χ2n) is 7.45. The molecule has 2 aromatic carbocycles. The molecule has 1 aromatic heterocycles. The molecular formula is C24H23N3O2. The van der Waals surface area contributed by atoms with E-state index in [0.717, 1.165) is 35.3 Å². The molecule has 4 rings (SSSR count). The minimum atomic E-state index is -0.330. The Labute approximate surface area is 170 Å². The Bertz CT molecular complexity index is 1070. The van der Waals surface area contributed by atoms with Gasteiger partial charge in [0, 0.05) is 29.7 Å². The Morgan fingerprint density at radius 2 is 1.76 bits per heavy atom.